The van der Waals surface area contributed by atoms with Gasteiger partial charge in [0.2, 0.25) is 0 Å². The zero-order valence-electron chi connectivity index (χ0n) is 9.57. The third-order valence-electron chi connectivity index (χ3n) is 4.23. The number of hydrogen-bond donors (Lipinski definition) is 1. The van der Waals surface area contributed by atoms with Crippen molar-refractivity contribution in [3.63, 3.8) is 0 Å². The van der Waals surface area contributed by atoms with Crippen molar-refractivity contribution in [3.05, 3.63) is 29.8 Å². The van der Waals surface area contributed by atoms with E-state index in [4.69, 9.17) is 12.2 Å². The Hall–Kier alpha value is -0.890. The average Bonchev–Trinajstić information content (AvgIpc) is 2.74. The van der Waals surface area contributed by atoms with Crippen molar-refractivity contribution in [2.45, 2.75) is 32.1 Å². The van der Waals surface area contributed by atoms with Crippen LogP contribution < -0.4 is 5.32 Å². The van der Waals surface area contributed by atoms with Gasteiger partial charge < -0.3 is 5.32 Å². The Balaban J connectivity index is 2.08. The first-order valence-electron chi connectivity index (χ1n) is 6.21. The van der Waals surface area contributed by atoms with Crippen LogP contribution in [0.4, 0.5) is 5.69 Å². The summed E-state index contributed by atoms with van der Waals surface area (Å²) in [5.74, 6) is 2.09. The molecule has 1 aromatic carbocycles. The minimum atomic E-state index is 0.592. The van der Waals surface area contributed by atoms with Crippen LogP contribution in [-0.4, -0.2) is 4.99 Å². The topological polar surface area (TPSA) is 12.0 Å². The number of rotatable bonds is 1. The molecule has 2 aliphatic rings. The molecule has 0 bridgehead atoms. The van der Waals surface area contributed by atoms with Gasteiger partial charge >= 0.3 is 0 Å². The molecule has 0 saturated heterocycles. The summed E-state index contributed by atoms with van der Waals surface area (Å²) < 4.78 is 0. The molecule has 16 heavy (non-hydrogen) atoms. The third-order valence-corrected chi connectivity index (χ3v) is 4.63. The second kappa shape index (κ2) is 3.85. The Bertz CT molecular complexity index is 426. The third kappa shape index (κ3) is 1.40. The van der Waals surface area contributed by atoms with E-state index in [1.165, 1.54) is 30.5 Å². The van der Waals surface area contributed by atoms with Gasteiger partial charge in [-0.05, 0) is 36.3 Å². The van der Waals surface area contributed by atoms with Gasteiger partial charge in [0.25, 0.3) is 0 Å². The maximum Gasteiger partial charge on any atom is 0.0835 e. The molecule has 0 radical (unpaired) electrons. The van der Waals surface area contributed by atoms with Crippen molar-refractivity contribution < 1.29 is 0 Å². The number of fused-ring (bicyclic) bond motifs is 3. The van der Waals surface area contributed by atoms with Crippen molar-refractivity contribution in [1.82, 2.24) is 0 Å². The van der Waals surface area contributed by atoms with Gasteiger partial charge in [-0.15, -0.1) is 0 Å². The first kappa shape index (κ1) is 10.3. The highest BCUT2D eigenvalue weighted by molar-refractivity contribution is 7.80. The Labute approximate surface area is 102 Å². The van der Waals surface area contributed by atoms with E-state index in [9.17, 15) is 0 Å². The van der Waals surface area contributed by atoms with Gasteiger partial charge in [-0.25, -0.2) is 0 Å². The number of benzene rings is 1. The van der Waals surface area contributed by atoms with Crippen molar-refractivity contribution in [3.8, 4) is 0 Å². The number of thiocarbonyl (C=S) groups is 1. The average molecular weight is 231 g/mol. The van der Waals surface area contributed by atoms with Gasteiger partial charge in [-0.1, -0.05) is 43.8 Å². The van der Waals surface area contributed by atoms with E-state index in [2.05, 4.69) is 36.5 Å². The summed E-state index contributed by atoms with van der Waals surface area (Å²) in [5.41, 5.74) is 2.74. The number of nitrogens with one attached hydrogen (secondary N) is 1. The van der Waals surface area contributed by atoms with Crippen LogP contribution in [0, 0.1) is 11.8 Å². The normalized spacial score (nSPS) is 31.8. The zero-order valence-corrected chi connectivity index (χ0v) is 10.4. The number of anilines is 1. The van der Waals surface area contributed by atoms with Crippen LogP contribution in [0.5, 0.6) is 0 Å². The number of para-hydroxylation sites is 1. The molecule has 1 heterocycles. The predicted octanol–water partition coefficient (Wildman–Crippen LogP) is 3.96. The van der Waals surface area contributed by atoms with E-state index in [-0.39, 0.29) is 0 Å². The summed E-state index contributed by atoms with van der Waals surface area (Å²) in [6.45, 7) is 2.31. The van der Waals surface area contributed by atoms with Gasteiger partial charge in [0, 0.05) is 11.6 Å². The molecule has 1 nitrogen and oxygen atoms in total. The fourth-order valence-corrected chi connectivity index (χ4v) is 3.81. The number of hydrogen-bond acceptors (Lipinski definition) is 1. The fraction of sp³-hybridized carbons (Fsp3) is 0.500. The van der Waals surface area contributed by atoms with Gasteiger partial charge in [0.05, 0.1) is 4.99 Å². The summed E-state index contributed by atoms with van der Waals surface area (Å²) in [6, 6.07) is 8.67. The molecule has 84 valence electrons. The van der Waals surface area contributed by atoms with E-state index in [1.54, 1.807) is 0 Å². The molecule has 1 saturated carbocycles. The minimum Gasteiger partial charge on any atom is -0.350 e. The first-order valence-corrected chi connectivity index (χ1v) is 6.62. The Morgan fingerprint density at radius 1 is 1.31 bits per heavy atom. The summed E-state index contributed by atoms with van der Waals surface area (Å²) in [7, 11) is 0. The molecule has 1 N–H and O–H groups in total. The van der Waals surface area contributed by atoms with Gasteiger partial charge in [-0.3, -0.25) is 0 Å². The highest BCUT2D eigenvalue weighted by Crippen LogP contribution is 2.50. The van der Waals surface area contributed by atoms with Crippen LogP contribution in [0.1, 0.15) is 37.7 Å². The van der Waals surface area contributed by atoms with Crippen LogP contribution in [0.2, 0.25) is 0 Å². The van der Waals surface area contributed by atoms with Crippen LogP contribution in [0.15, 0.2) is 24.3 Å². The maximum atomic E-state index is 5.51. The molecule has 1 fully saturated rings. The fourth-order valence-electron chi connectivity index (χ4n) is 3.43. The van der Waals surface area contributed by atoms with E-state index in [0.29, 0.717) is 11.8 Å². The maximum absolute atomic E-state index is 5.51. The van der Waals surface area contributed by atoms with E-state index in [1.807, 2.05) is 0 Å². The molecule has 3 unspecified atom stereocenters. The standard InChI is InChI=1S/C14H17NS/c1-2-9-7-8-11-13(9)10-5-3-4-6-12(10)15-14(11)16/h3-6,9,11,13H,2,7-8H2,1H3,(H,15,16). The zero-order chi connectivity index (χ0) is 11.1. The van der Waals surface area contributed by atoms with Crippen LogP contribution in [0.25, 0.3) is 0 Å². The van der Waals surface area contributed by atoms with Crippen LogP contribution in [0.3, 0.4) is 0 Å². The summed E-state index contributed by atoms with van der Waals surface area (Å²) in [5, 5.41) is 3.41. The van der Waals surface area contributed by atoms with Crippen LogP contribution in [-0.2, 0) is 0 Å². The molecule has 2 heteroatoms. The van der Waals surface area contributed by atoms with Gasteiger partial charge in [0.15, 0.2) is 0 Å². The molecule has 3 atom stereocenters. The molecule has 1 aliphatic carbocycles. The van der Waals surface area contributed by atoms with Crippen LogP contribution >= 0.6 is 12.2 Å². The van der Waals surface area contributed by atoms with Crippen molar-refractivity contribution in [2.24, 2.45) is 11.8 Å². The van der Waals surface area contributed by atoms with Gasteiger partial charge in [-0.2, -0.15) is 0 Å². The van der Waals surface area contributed by atoms with Crippen molar-refractivity contribution >= 4 is 22.9 Å². The molecular weight excluding hydrogens is 214 g/mol. The lowest BCUT2D eigenvalue weighted by atomic mass is 9.79. The summed E-state index contributed by atoms with van der Waals surface area (Å²) >= 11 is 5.51. The molecule has 0 spiro atoms. The summed E-state index contributed by atoms with van der Waals surface area (Å²) in [6.07, 6.45) is 3.88. The smallest absolute Gasteiger partial charge is 0.0835 e. The van der Waals surface area contributed by atoms with E-state index in [0.717, 1.165) is 10.9 Å². The molecule has 1 aromatic rings. The monoisotopic (exact) mass is 231 g/mol. The predicted molar refractivity (Wildman–Crippen MR) is 71.9 cm³/mol. The lowest BCUT2D eigenvalue weighted by Gasteiger charge is -2.33. The summed E-state index contributed by atoms with van der Waals surface area (Å²) in [4.78, 5) is 1.07. The van der Waals surface area contributed by atoms with Gasteiger partial charge in [0.1, 0.15) is 0 Å². The van der Waals surface area contributed by atoms with Crippen molar-refractivity contribution in [1.29, 1.82) is 0 Å². The molecule has 1 aliphatic heterocycles. The second-order valence-corrected chi connectivity index (χ2v) is 5.39. The highest BCUT2D eigenvalue weighted by Gasteiger charge is 2.41. The van der Waals surface area contributed by atoms with E-state index >= 15 is 0 Å². The first-order chi connectivity index (χ1) is 7.81. The Morgan fingerprint density at radius 2 is 2.12 bits per heavy atom. The Morgan fingerprint density at radius 3 is 2.94 bits per heavy atom. The SMILES string of the molecule is CCC1CCC2C(=S)Nc3ccccc3C12. The highest BCUT2D eigenvalue weighted by atomic mass is 32.1. The molecule has 0 amide bonds. The second-order valence-electron chi connectivity index (χ2n) is 4.95. The largest absolute Gasteiger partial charge is 0.350 e. The quantitative estimate of drug-likeness (QED) is 0.734. The van der Waals surface area contributed by atoms with Crippen molar-refractivity contribution in [2.75, 3.05) is 5.32 Å². The Kier molecular flexibility index (Phi) is 2.47. The lowest BCUT2D eigenvalue weighted by Crippen LogP contribution is -2.30. The minimum absolute atomic E-state index is 0.592. The molecule has 0 aromatic heterocycles. The van der Waals surface area contributed by atoms with E-state index < -0.39 is 0 Å². The lowest BCUT2D eigenvalue weighted by molar-refractivity contribution is 0.448. The molecular formula is C14H17NS. The molecule has 3 rings (SSSR count).